The number of hydrogen-bond acceptors (Lipinski definition) is 2. The summed E-state index contributed by atoms with van der Waals surface area (Å²) in [4.78, 5) is 2.21. The van der Waals surface area contributed by atoms with Crippen molar-refractivity contribution in [2.45, 2.75) is 26.9 Å². The molecular weight excluding hydrogens is 210 g/mol. The van der Waals surface area contributed by atoms with Gasteiger partial charge in [-0.25, -0.2) is 0 Å². The first-order valence-corrected chi connectivity index (χ1v) is 5.56. The third-order valence-corrected chi connectivity index (χ3v) is 3.43. The monoisotopic (exact) mass is 225 g/mol. The van der Waals surface area contributed by atoms with Crippen molar-refractivity contribution in [3.8, 4) is 5.75 Å². The van der Waals surface area contributed by atoms with E-state index in [1.807, 2.05) is 19.9 Å². The minimum absolute atomic E-state index is 0.238. The average molecular weight is 226 g/mol. The van der Waals surface area contributed by atoms with Crippen molar-refractivity contribution < 1.29 is 4.74 Å². The van der Waals surface area contributed by atoms with Crippen molar-refractivity contribution in [1.82, 2.24) is 0 Å². The smallest absolute Gasteiger partial charge is 0.143 e. The summed E-state index contributed by atoms with van der Waals surface area (Å²) < 4.78 is 5.82. The SMILES string of the molecule is Cc1cc2c(c(C)c1Cl)N(C)CC(C)O2. The predicted octanol–water partition coefficient (Wildman–Crippen LogP) is 3.17. The minimum atomic E-state index is 0.238. The lowest BCUT2D eigenvalue weighted by Crippen LogP contribution is -2.36. The van der Waals surface area contributed by atoms with E-state index >= 15 is 0 Å². The molecule has 0 fully saturated rings. The zero-order chi connectivity index (χ0) is 11.2. The zero-order valence-electron chi connectivity index (χ0n) is 9.60. The van der Waals surface area contributed by atoms with E-state index in [4.69, 9.17) is 16.3 Å². The molecule has 1 aromatic rings. The first-order chi connectivity index (χ1) is 7.00. The van der Waals surface area contributed by atoms with Crippen molar-refractivity contribution in [3.05, 3.63) is 22.2 Å². The molecule has 2 rings (SSSR count). The number of ether oxygens (including phenoxy) is 1. The largest absolute Gasteiger partial charge is 0.487 e. The van der Waals surface area contributed by atoms with Gasteiger partial charge in [0.05, 0.1) is 12.2 Å². The van der Waals surface area contributed by atoms with Crippen LogP contribution in [0.1, 0.15) is 18.1 Å². The Balaban J connectivity index is 2.60. The number of nitrogens with zero attached hydrogens (tertiary/aromatic N) is 1. The van der Waals surface area contributed by atoms with E-state index in [-0.39, 0.29) is 6.10 Å². The van der Waals surface area contributed by atoms with Gasteiger partial charge in [0.1, 0.15) is 11.9 Å². The number of hydrogen-bond donors (Lipinski definition) is 0. The van der Waals surface area contributed by atoms with Gasteiger partial charge in [-0.05, 0) is 38.0 Å². The second-order valence-corrected chi connectivity index (χ2v) is 4.67. The highest BCUT2D eigenvalue weighted by Crippen LogP contribution is 2.40. The van der Waals surface area contributed by atoms with Crippen molar-refractivity contribution in [3.63, 3.8) is 0 Å². The maximum atomic E-state index is 6.23. The Morgan fingerprint density at radius 3 is 2.80 bits per heavy atom. The van der Waals surface area contributed by atoms with Gasteiger partial charge in [0, 0.05) is 12.1 Å². The fourth-order valence-electron chi connectivity index (χ4n) is 2.21. The van der Waals surface area contributed by atoms with Crippen LogP contribution in [-0.2, 0) is 0 Å². The van der Waals surface area contributed by atoms with E-state index < -0.39 is 0 Å². The van der Waals surface area contributed by atoms with Crippen LogP contribution in [-0.4, -0.2) is 19.7 Å². The molecule has 0 aliphatic carbocycles. The lowest BCUT2D eigenvalue weighted by molar-refractivity contribution is 0.215. The summed E-state index contributed by atoms with van der Waals surface area (Å²) in [5.74, 6) is 0.954. The molecule has 0 saturated carbocycles. The van der Waals surface area contributed by atoms with Gasteiger partial charge in [-0.1, -0.05) is 11.6 Å². The second kappa shape index (κ2) is 3.60. The molecule has 0 spiro atoms. The van der Waals surface area contributed by atoms with Crippen LogP contribution >= 0.6 is 11.6 Å². The molecule has 0 aromatic heterocycles. The maximum Gasteiger partial charge on any atom is 0.143 e. The van der Waals surface area contributed by atoms with Gasteiger partial charge in [-0.15, -0.1) is 0 Å². The molecule has 1 aliphatic rings. The van der Waals surface area contributed by atoms with Crippen LogP contribution in [0.25, 0.3) is 0 Å². The van der Waals surface area contributed by atoms with E-state index in [1.54, 1.807) is 0 Å². The molecule has 0 N–H and O–H groups in total. The van der Waals surface area contributed by atoms with Crippen LogP contribution < -0.4 is 9.64 Å². The molecule has 82 valence electrons. The van der Waals surface area contributed by atoms with Gasteiger partial charge in [0.25, 0.3) is 0 Å². The Kier molecular flexibility index (Phi) is 2.55. The van der Waals surface area contributed by atoms with Gasteiger partial charge in [0.15, 0.2) is 0 Å². The van der Waals surface area contributed by atoms with Crippen LogP contribution in [0.2, 0.25) is 5.02 Å². The lowest BCUT2D eigenvalue weighted by Gasteiger charge is -2.34. The van der Waals surface area contributed by atoms with Gasteiger partial charge in [-0.2, -0.15) is 0 Å². The molecule has 3 heteroatoms. The molecule has 0 saturated heterocycles. The maximum absolute atomic E-state index is 6.23. The van der Waals surface area contributed by atoms with Crippen molar-refractivity contribution in [1.29, 1.82) is 0 Å². The number of aryl methyl sites for hydroxylation is 1. The molecule has 15 heavy (non-hydrogen) atoms. The number of fused-ring (bicyclic) bond motifs is 1. The predicted molar refractivity (Wildman–Crippen MR) is 64.3 cm³/mol. The van der Waals surface area contributed by atoms with Crippen LogP contribution in [0.5, 0.6) is 5.75 Å². The van der Waals surface area contributed by atoms with Crippen LogP contribution in [0, 0.1) is 13.8 Å². The Labute approximate surface area is 95.8 Å². The van der Waals surface area contributed by atoms with E-state index in [2.05, 4.69) is 18.9 Å². The van der Waals surface area contributed by atoms with E-state index in [0.29, 0.717) is 0 Å². The molecule has 1 unspecified atom stereocenters. The Morgan fingerprint density at radius 2 is 2.13 bits per heavy atom. The summed E-state index contributed by atoms with van der Waals surface area (Å²) >= 11 is 6.23. The number of likely N-dealkylation sites (N-methyl/N-ethyl adjacent to an activating group) is 1. The summed E-state index contributed by atoms with van der Waals surface area (Å²) in [5.41, 5.74) is 3.32. The molecular formula is C12H16ClNO. The molecule has 0 radical (unpaired) electrons. The topological polar surface area (TPSA) is 12.5 Å². The molecule has 0 bridgehead atoms. The molecule has 0 amide bonds. The van der Waals surface area contributed by atoms with E-state index in [9.17, 15) is 0 Å². The molecule has 1 aromatic carbocycles. The van der Waals surface area contributed by atoms with Crippen LogP contribution in [0.15, 0.2) is 6.07 Å². The highest BCUT2D eigenvalue weighted by atomic mass is 35.5. The van der Waals surface area contributed by atoms with Gasteiger partial charge >= 0.3 is 0 Å². The third-order valence-electron chi connectivity index (χ3n) is 2.85. The number of halogens is 1. The summed E-state index contributed by atoms with van der Waals surface area (Å²) in [6.45, 7) is 7.05. The minimum Gasteiger partial charge on any atom is -0.487 e. The van der Waals surface area contributed by atoms with Crippen LogP contribution in [0.3, 0.4) is 0 Å². The Hall–Kier alpha value is -0.890. The van der Waals surface area contributed by atoms with Gasteiger partial charge in [-0.3, -0.25) is 0 Å². The summed E-state index contributed by atoms with van der Waals surface area (Å²) in [6.07, 6.45) is 0.238. The first-order valence-electron chi connectivity index (χ1n) is 5.18. The molecule has 2 nitrogen and oxygen atoms in total. The van der Waals surface area contributed by atoms with Gasteiger partial charge < -0.3 is 9.64 Å². The zero-order valence-corrected chi connectivity index (χ0v) is 10.4. The quantitative estimate of drug-likeness (QED) is 0.673. The lowest BCUT2D eigenvalue weighted by atomic mass is 10.1. The fourth-order valence-corrected chi connectivity index (χ4v) is 2.35. The van der Waals surface area contributed by atoms with E-state index in [1.165, 1.54) is 0 Å². The Bertz CT molecular complexity index is 403. The number of benzene rings is 1. The standard InChI is InChI=1S/C12H16ClNO/c1-7-5-10-12(9(3)11(7)13)14(4)6-8(2)15-10/h5,8H,6H2,1-4H3. The molecule has 1 aliphatic heterocycles. The normalized spacial score (nSPS) is 19.8. The van der Waals surface area contributed by atoms with Crippen molar-refractivity contribution in [2.24, 2.45) is 0 Å². The summed E-state index contributed by atoms with van der Waals surface area (Å²) in [7, 11) is 2.08. The average Bonchev–Trinajstić information content (AvgIpc) is 2.13. The van der Waals surface area contributed by atoms with Crippen molar-refractivity contribution in [2.75, 3.05) is 18.5 Å². The van der Waals surface area contributed by atoms with Crippen LogP contribution in [0.4, 0.5) is 5.69 Å². The number of anilines is 1. The molecule has 1 atom stereocenters. The van der Waals surface area contributed by atoms with Gasteiger partial charge in [0.2, 0.25) is 0 Å². The summed E-state index contributed by atoms with van der Waals surface area (Å²) in [6, 6.07) is 2.02. The summed E-state index contributed by atoms with van der Waals surface area (Å²) in [5, 5.41) is 0.846. The van der Waals surface area contributed by atoms with Crippen molar-refractivity contribution >= 4 is 17.3 Å². The molecule has 1 heterocycles. The Morgan fingerprint density at radius 1 is 1.47 bits per heavy atom. The van der Waals surface area contributed by atoms with E-state index in [0.717, 1.165) is 34.1 Å². The fraction of sp³-hybridized carbons (Fsp3) is 0.500. The first kappa shape index (κ1) is 10.6. The third kappa shape index (κ3) is 1.67. The number of rotatable bonds is 0. The highest BCUT2D eigenvalue weighted by molar-refractivity contribution is 6.32. The highest BCUT2D eigenvalue weighted by Gasteiger charge is 2.23. The second-order valence-electron chi connectivity index (χ2n) is 4.29.